The quantitative estimate of drug-likeness (QED) is 0.487. The maximum absolute atomic E-state index is 11.5. The Morgan fingerprint density at radius 1 is 1.30 bits per heavy atom. The molecule has 1 aromatic carbocycles. The van der Waals surface area contributed by atoms with Crippen LogP contribution in [0.2, 0.25) is 0 Å². The third-order valence-corrected chi connectivity index (χ3v) is 2.90. The molecule has 0 bridgehead atoms. The van der Waals surface area contributed by atoms with Crippen molar-refractivity contribution in [1.29, 1.82) is 0 Å². The van der Waals surface area contributed by atoms with E-state index in [0.29, 0.717) is 11.1 Å². The number of nitrogens with zero attached hydrogens (tertiary/aromatic N) is 2. The third kappa shape index (κ3) is 2.64. The van der Waals surface area contributed by atoms with E-state index in [2.05, 4.69) is 9.72 Å². The van der Waals surface area contributed by atoms with Crippen LogP contribution in [-0.2, 0) is 4.74 Å². The van der Waals surface area contributed by atoms with E-state index in [1.165, 1.54) is 19.4 Å². The van der Waals surface area contributed by atoms with E-state index in [9.17, 15) is 14.9 Å². The zero-order valence-corrected chi connectivity index (χ0v) is 11.0. The van der Waals surface area contributed by atoms with Gasteiger partial charge in [-0.1, -0.05) is 6.07 Å². The summed E-state index contributed by atoms with van der Waals surface area (Å²) in [7, 11) is 1.31. The summed E-state index contributed by atoms with van der Waals surface area (Å²) >= 11 is 0. The molecule has 0 N–H and O–H groups in total. The van der Waals surface area contributed by atoms with Crippen molar-refractivity contribution in [2.24, 2.45) is 0 Å². The fraction of sp³-hybridized carbons (Fsp3) is 0.143. The lowest BCUT2D eigenvalue weighted by Gasteiger charge is -2.07. The second-order valence-corrected chi connectivity index (χ2v) is 4.18. The molecule has 0 fully saturated rings. The molecule has 0 atom stereocenters. The van der Waals surface area contributed by atoms with Gasteiger partial charge < -0.3 is 14.9 Å². The molecule has 0 unspecified atom stereocenters. The van der Waals surface area contributed by atoms with E-state index in [1.54, 1.807) is 24.3 Å². The molecular weight excluding hydrogens is 260 g/mol. The van der Waals surface area contributed by atoms with Crippen molar-refractivity contribution in [3.8, 4) is 11.1 Å². The standard InChI is InChI=1S/C14H12N2O4/c1-9-3-4-10(14(17)20-2)7-12(9)11-5-6-13(15-8-11)16(18)19/h3-8H,1-2H3. The number of methoxy groups -OCH3 is 1. The summed E-state index contributed by atoms with van der Waals surface area (Å²) < 4.78 is 4.67. The molecule has 102 valence electrons. The number of aryl methyl sites for hydroxylation is 1. The summed E-state index contributed by atoms with van der Waals surface area (Å²) in [6.45, 7) is 1.89. The average Bonchev–Trinajstić information content (AvgIpc) is 2.47. The van der Waals surface area contributed by atoms with Gasteiger partial charge in [0.15, 0.2) is 0 Å². The SMILES string of the molecule is COC(=O)c1ccc(C)c(-c2ccc([N+](=O)[O-])nc2)c1. The fourth-order valence-corrected chi connectivity index (χ4v) is 1.83. The number of benzene rings is 1. The van der Waals surface area contributed by atoms with E-state index in [-0.39, 0.29) is 5.82 Å². The number of pyridine rings is 1. The highest BCUT2D eigenvalue weighted by Crippen LogP contribution is 2.25. The van der Waals surface area contributed by atoms with Gasteiger partial charge >= 0.3 is 11.8 Å². The Hall–Kier alpha value is -2.76. The molecule has 2 rings (SSSR count). The van der Waals surface area contributed by atoms with Gasteiger partial charge in [-0.25, -0.2) is 4.79 Å². The van der Waals surface area contributed by atoms with E-state index in [1.807, 2.05) is 6.92 Å². The molecule has 0 aliphatic rings. The number of carbonyl (C=O) groups is 1. The van der Waals surface area contributed by atoms with Crippen LogP contribution in [-0.4, -0.2) is 23.0 Å². The molecule has 0 amide bonds. The van der Waals surface area contributed by atoms with E-state index in [0.717, 1.165) is 11.1 Å². The average molecular weight is 272 g/mol. The van der Waals surface area contributed by atoms with Gasteiger partial charge in [-0.2, -0.15) is 0 Å². The summed E-state index contributed by atoms with van der Waals surface area (Å²) in [5.41, 5.74) is 2.86. The first kappa shape index (κ1) is 13.7. The molecule has 0 spiro atoms. The van der Waals surface area contributed by atoms with Gasteiger partial charge in [0.25, 0.3) is 0 Å². The largest absolute Gasteiger partial charge is 0.465 e. The summed E-state index contributed by atoms with van der Waals surface area (Å²) in [6.07, 6.45) is 1.42. The zero-order valence-electron chi connectivity index (χ0n) is 11.0. The van der Waals surface area contributed by atoms with E-state index < -0.39 is 10.9 Å². The number of ether oxygens (including phenoxy) is 1. The van der Waals surface area contributed by atoms with Crippen molar-refractivity contribution >= 4 is 11.8 Å². The summed E-state index contributed by atoms with van der Waals surface area (Å²) in [6, 6.07) is 8.09. The third-order valence-electron chi connectivity index (χ3n) is 2.90. The minimum atomic E-state index is -0.554. The van der Waals surface area contributed by atoms with Crippen LogP contribution in [0.15, 0.2) is 36.5 Å². The lowest BCUT2D eigenvalue weighted by molar-refractivity contribution is -0.389. The van der Waals surface area contributed by atoms with Gasteiger partial charge in [-0.15, -0.1) is 0 Å². The summed E-state index contributed by atoms with van der Waals surface area (Å²) in [4.78, 5) is 25.3. The minimum absolute atomic E-state index is 0.212. The topological polar surface area (TPSA) is 82.3 Å². The predicted octanol–water partition coefficient (Wildman–Crippen LogP) is 2.75. The molecule has 0 aliphatic heterocycles. The maximum atomic E-state index is 11.5. The van der Waals surface area contributed by atoms with Crippen LogP contribution in [0.5, 0.6) is 0 Å². The first-order valence-corrected chi connectivity index (χ1v) is 5.82. The number of nitro groups is 1. The molecule has 6 heteroatoms. The van der Waals surface area contributed by atoms with Crippen LogP contribution in [0.3, 0.4) is 0 Å². The molecule has 0 saturated carbocycles. The molecular formula is C14H12N2O4. The van der Waals surface area contributed by atoms with Gasteiger partial charge in [0, 0.05) is 11.6 Å². The molecule has 6 nitrogen and oxygen atoms in total. The number of rotatable bonds is 3. The molecule has 0 radical (unpaired) electrons. The number of aromatic nitrogens is 1. The molecule has 0 saturated heterocycles. The van der Waals surface area contributed by atoms with Crippen LogP contribution >= 0.6 is 0 Å². The van der Waals surface area contributed by atoms with Gasteiger partial charge in [0.05, 0.1) is 12.7 Å². The van der Waals surface area contributed by atoms with Crippen LogP contribution in [0.25, 0.3) is 11.1 Å². The van der Waals surface area contributed by atoms with Crippen molar-refractivity contribution in [2.45, 2.75) is 6.92 Å². The molecule has 1 aromatic heterocycles. The Labute approximate surface area is 115 Å². The van der Waals surface area contributed by atoms with E-state index in [4.69, 9.17) is 0 Å². The second kappa shape index (κ2) is 5.48. The highest BCUT2D eigenvalue weighted by Gasteiger charge is 2.12. The minimum Gasteiger partial charge on any atom is -0.465 e. The molecule has 1 heterocycles. The highest BCUT2D eigenvalue weighted by molar-refractivity contribution is 5.91. The van der Waals surface area contributed by atoms with Gasteiger partial charge in [-0.05, 0) is 46.2 Å². The number of hydrogen-bond acceptors (Lipinski definition) is 5. The van der Waals surface area contributed by atoms with Crippen molar-refractivity contribution in [3.05, 3.63) is 57.8 Å². The lowest BCUT2D eigenvalue weighted by atomic mass is 9.99. The first-order chi connectivity index (χ1) is 9.52. The van der Waals surface area contributed by atoms with Crippen LogP contribution < -0.4 is 0 Å². The lowest BCUT2D eigenvalue weighted by Crippen LogP contribution is -2.01. The monoisotopic (exact) mass is 272 g/mol. The van der Waals surface area contributed by atoms with Crippen LogP contribution in [0.1, 0.15) is 15.9 Å². The predicted molar refractivity (Wildman–Crippen MR) is 72.4 cm³/mol. The number of carbonyl (C=O) groups excluding carboxylic acids is 1. The first-order valence-electron chi connectivity index (χ1n) is 5.82. The van der Waals surface area contributed by atoms with E-state index >= 15 is 0 Å². The van der Waals surface area contributed by atoms with Crippen LogP contribution in [0, 0.1) is 17.0 Å². The Bertz CT molecular complexity index is 665. The summed E-state index contributed by atoms with van der Waals surface area (Å²) in [5, 5.41) is 10.6. The fourth-order valence-electron chi connectivity index (χ4n) is 1.83. The molecule has 2 aromatic rings. The number of esters is 1. The van der Waals surface area contributed by atoms with Crippen molar-refractivity contribution in [2.75, 3.05) is 7.11 Å². The van der Waals surface area contributed by atoms with Crippen molar-refractivity contribution in [1.82, 2.24) is 4.98 Å². The number of hydrogen-bond donors (Lipinski definition) is 0. The molecule has 20 heavy (non-hydrogen) atoms. The Kier molecular flexibility index (Phi) is 3.74. The van der Waals surface area contributed by atoms with Crippen LogP contribution in [0.4, 0.5) is 5.82 Å². The van der Waals surface area contributed by atoms with Crippen molar-refractivity contribution < 1.29 is 14.5 Å². The van der Waals surface area contributed by atoms with Gasteiger partial charge in [-0.3, -0.25) is 0 Å². The Balaban J connectivity index is 2.45. The van der Waals surface area contributed by atoms with Crippen molar-refractivity contribution in [3.63, 3.8) is 0 Å². The smallest absolute Gasteiger partial charge is 0.363 e. The summed E-state index contributed by atoms with van der Waals surface area (Å²) in [5.74, 6) is -0.642. The Morgan fingerprint density at radius 3 is 2.60 bits per heavy atom. The second-order valence-electron chi connectivity index (χ2n) is 4.18. The normalized spacial score (nSPS) is 10.1. The maximum Gasteiger partial charge on any atom is 0.363 e. The zero-order chi connectivity index (χ0) is 14.7. The highest BCUT2D eigenvalue weighted by atomic mass is 16.6. The van der Waals surface area contributed by atoms with Gasteiger partial charge in [0.1, 0.15) is 6.20 Å². The van der Waals surface area contributed by atoms with Gasteiger partial charge in [0.2, 0.25) is 0 Å². The Morgan fingerprint density at radius 2 is 2.05 bits per heavy atom. The molecule has 0 aliphatic carbocycles.